The molecular formula is C43H25N3O. The van der Waals surface area contributed by atoms with Crippen LogP contribution < -0.4 is 0 Å². The summed E-state index contributed by atoms with van der Waals surface area (Å²) in [6, 6.07) is 55.2. The second-order valence-electron chi connectivity index (χ2n) is 12.0. The number of nitrogens with zero attached hydrogens (tertiary/aromatic N) is 3. The van der Waals surface area contributed by atoms with Crippen LogP contribution in [0, 0.1) is 11.3 Å². The van der Waals surface area contributed by atoms with Crippen molar-refractivity contribution in [2.45, 2.75) is 0 Å². The first-order chi connectivity index (χ1) is 23.3. The topological polar surface area (TPSA) is 46.8 Å². The molecule has 0 atom stereocenters. The van der Waals surface area contributed by atoms with E-state index in [2.05, 4.69) is 149 Å². The molecule has 7 aromatic carbocycles. The van der Waals surface area contributed by atoms with E-state index < -0.39 is 0 Å². The minimum absolute atomic E-state index is 0.624. The summed E-state index contributed by atoms with van der Waals surface area (Å²) in [7, 11) is 0. The van der Waals surface area contributed by atoms with E-state index in [9.17, 15) is 5.26 Å². The number of para-hydroxylation sites is 5. The second kappa shape index (κ2) is 9.71. The molecule has 10 aromatic rings. The van der Waals surface area contributed by atoms with Gasteiger partial charge in [0.05, 0.1) is 39.0 Å². The number of aromatic nitrogens is 2. The van der Waals surface area contributed by atoms with Crippen molar-refractivity contribution in [3.63, 3.8) is 0 Å². The number of furan rings is 1. The lowest BCUT2D eigenvalue weighted by Crippen LogP contribution is -2.00. The third kappa shape index (κ3) is 3.57. The maximum Gasteiger partial charge on any atom is 0.160 e. The molecule has 0 aliphatic heterocycles. The SMILES string of the molecule is N#Cc1ccc(-c2ccccc2-n2c3ccccc3c3ccc4c5ccccc5oc4c32)cc1-n1c2ccccc2c2ccccc21. The molecule has 10 rings (SSSR count). The number of hydrogen-bond acceptors (Lipinski definition) is 2. The van der Waals surface area contributed by atoms with Crippen LogP contribution in [0.1, 0.15) is 5.56 Å². The Morgan fingerprint density at radius 2 is 1.04 bits per heavy atom. The standard InChI is InChI=1S/C43H25N3O/c44-26-28-22-21-27(25-40(28)45-37-17-7-2-12-30(37)31-13-3-8-18-38(31)45)29-11-1-6-16-36(29)46-39-19-9-4-14-32(39)34-23-24-35-33-15-5-10-20-41(33)47-43(35)42(34)46/h1-25H. The van der Waals surface area contributed by atoms with Crippen molar-refractivity contribution in [3.8, 4) is 28.6 Å². The fraction of sp³-hybridized carbons (Fsp3) is 0. The molecule has 0 amide bonds. The highest BCUT2D eigenvalue weighted by molar-refractivity contribution is 6.21. The molecule has 0 aliphatic rings. The minimum Gasteiger partial charge on any atom is -0.454 e. The largest absolute Gasteiger partial charge is 0.454 e. The molecule has 0 bridgehead atoms. The molecule has 0 radical (unpaired) electrons. The molecule has 0 saturated heterocycles. The predicted molar refractivity (Wildman–Crippen MR) is 193 cm³/mol. The van der Waals surface area contributed by atoms with Crippen LogP contribution in [-0.4, -0.2) is 9.13 Å². The highest BCUT2D eigenvalue weighted by atomic mass is 16.3. The van der Waals surface area contributed by atoms with Gasteiger partial charge in [0, 0.05) is 37.9 Å². The summed E-state index contributed by atoms with van der Waals surface area (Å²) in [5, 5.41) is 17.2. The van der Waals surface area contributed by atoms with Gasteiger partial charge in [-0.25, -0.2) is 0 Å². The van der Waals surface area contributed by atoms with Crippen LogP contribution in [0.2, 0.25) is 0 Å². The maximum atomic E-state index is 10.3. The molecule has 0 saturated carbocycles. The van der Waals surface area contributed by atoms with E-state index in [1.54, 1.807) is 0 Å². The van der Waals surface area contributed by atoms with Crippen molar-refractivity contribution in [2.24, 2.45) is 0 Å². The van der Waals surface area contributed by atoms with Crippen molar-refractivity contribution in [2.75, 3.05) is 0 Å². The molecule has 4 heteroatoms. The highest BCUT2D eigenvalue weighted by Gasteiger charge is 2.21. The van der Waals surface area contributed by atoms with Gasteiger partial charge in [-0.05, 0) is 54.1 Å². The number of benzene rings is 7. The minimum atomic E-state index is 0.624. The first-order valence-corrected chi connectivity index (χ1v) is 15.8. The number of nitriles is 1. The van der Waals surface area contributed by atoms with E-state index in [4.69, 9.17) is 4.42 Å². The van der Waals surface area contributed by atoms with Gasteiger partial charge >= 0.3 is 0 Å². The number of fused-ring (bicyclic) bond motifs is 10. The van der Waals surface area contributed by atoms with Crippen molar-refractivity contribution in [3.05, 3.63) is 157 Å². The molecule has 218 valence electrons. The fourth-order valence-corrected chi connectivity index (χ4v) is 7.55. The van der Waals surface area contributed by atoms with Crippen molar-refractivity contribution in [1.82, 2.24) is 9.13 Å². The van der Waals surface area contributed by atoms with Crippen LogP contribution >= 0.6 is 0 Å². The highest BCUT2D eigenvalue weighted by Crippen LogP contribution is 2.42. The van der Waals surface area contributed by atoms with Crippen LogP contribution in [0.5, 0.6) is 0 Å². The summed E-state index contributed by atoms with van der Waals surface area (Å²) in [5.41, 5.74) is 10.7. The smallest absolute Gasteiger partial charge is 0.160 e. The lowest BCUT2D eigenvalue weighted by atomic mass is 10.00. The molecule has 0 unspecified atom stereocenters. The van der Waals surface area contributed by atoms with Crippen LogP contribution in [0.4, 0.5) is 0 Å². The molecular weight excluding hydrogens is 574 g/mol. The molecule has 0 N–H and O–H groups in total. The zero-order valence-electron chi connectivity index (χ0n) is 25.2. The molecule has 4 nitrogen and oxygen atoms in total. The van der Waals surface area contributed by atoms with Crippen LogP contribution in [0.15, 0.2) is 156 Å². The van der Waals surface area contributed by atoms with Crippen molar-refractivity contribution < 1.29 is 4.42 Å². The third-order valence-corrected chi connectivity index (χ3v) is 9.57. The lowest BCUT2D eigenvalue weighted by molar-refractivity contribution is 0.671. The summed E-state index contributed by atoms with van der Waals surface area (Å²) < 4.78 is 11.2. The molecule has 3 heterocycles. The van der Waals surface area contributed by atoms with E-state index in [-0.39, 0.29) is 0 Å². The van der Waals surface area contributed by atoms with Crippen LogP contribution in [0.3, 0.4) is 0 Å². The summed E-state index contributed by atoms with van der Waals surface area (Å²) in [4.78, 5) is 0. The molecule has 3 aromatic heterocycles. The third-order valence-electron chi connectivity index (χ3n) is 9.57. The van der Waals surface area contributed by atoms with Crippen LogP contribution in [-0.2, 0) is 0 Å². The maximum absolute atomic E-state index is 10.3. The van der Waals surface area contributed by atoms with Gasteiger partial charge in [-0.2, -0.15) is 5.26 Å². The Hall–Kier alpha value is -6.57. The summed E-state index contributed by atoms with van der Waals surface area (Å²) in [5.74, 6) is 0. The van der Waals surface area contributed by atoms with Gasteiger partial charge < -0.3 is 13.6 Å². The van der Waals surface area contributed by atoms with Crippen molar-refractivity contribution >= 4 is 65.6 Å². The summed E-state index contributed by atoms with van der Waals surface area (Å²) in [6.07, 6.45) is 0. The zero-order valence-corrected chi connectivity index (χ0v) is 25.2. The van der Waals surface area contributed by atoms with E-state index in [1.165, 1.54) is 5.39 Å². The Bertz CT molecular complexity index is 2880. The Kier molecular flexibility index (Phi) is 5.32. The van der Waals surface area contributed by atoms with E-state index in [0.717, 1.165) is 82.7 Å². The van der Waals surface area contributed by atoms with E-state index in [1.807, 2.05) is 18.2 Å². The summed E-state index contributed by atoms with van der Waals surface area (Å²) in [6.45, 7) is 0. The normalized spacial score (nSPS) is 11.8. The van der Waals surface area contributed by atoms with Gasteiger partial charge in [-0.15, -0.1) is 0 Å². The fourth-order valence-electron chi connectivity index (χ4n) is 7.55. The van der Waals surface area contributed by atoms with Crippen LogP contribution in [0.25, 0.3) is 88.1 Å². The number of rotatable bonds is 3. The van der Waals surface area contributed by atoms with Gasteiger partial charge in [0.2, 0.25) is 0 Å². The molecule has 0 spiro atoms. The first-order valence-electron chi connectivity index (χ1n) is 15.8. The molecule has 0 aliphatic carbocycles. The average Bonchev–Trinajstić information content (AvgIpc) is 3.79. The quantitative estimate of drug-likeness (QED) is 0.203. The Morgan fingerprint density at radius 1 is 0.468 bits per heavy atom. The van der Waals surface area contributed by atoms with Gasteiger partial charge in [0.25, 0.3) is 0 Å². The van der Waals surface area contributed by atoms with Gasteiger partial charge in [0.15, 0.2) is 5.58 Å². The van der Waals surface area contributed by atoms with Gasteiger partial charge in [-0.1, -0.05) is 103 Å². The zero-order chi connectivity index (χ0) is 31.1. The predicted octanol–water partition coefficient (Wildman–Crippen LogP) is 11.3. The second-order valence-corrected chi connectivity index (χ2v) is 12.0. The monoisotopic (exact) mass is 599 g/mol. The summed E-state index contributed by atoms with van der Waals surface area (Å²) >= 11 is 0. The first kappa shape index (κ1) is 25.7. The van der Waals surface area contributed by atoms with E-state index >= 15 is 0 Å². The molecule has 0 fully saturated rings. The molecule has 47 heavy (non-hydrogen) atoms. The average molecular weight is 600 g/mol. The van der Waals surface area contributed by atoms with Crippen molar-refractivity contribution in [1.29, 1.82) is 5.26 Å². The van der Waals surface area contributed by atoms with E-state index in [0.29, 0.717) is 5.56 Å². The van der Waals surface area contributed by atoms with Gasteiger partial charge in [-0.3, -0.25) is 0 Å². The Labute approximate surface area is 269 Å². The Morgan fingerprint density at radius 3 is 1.77 bits per heavy atom. The van der Waals surface area contributed by atoms with Gasteiger partial charge in [0.1, 0.15) is 11.7 Å². The lowest BCUT2D eigenvalue weighted by Gasteiger charge is -2.16. The number of hydrogen-bond donors (Lipinski definition) is 0. The Balaban J connectivity index is 1.29.